The quantitative estimate of drug-likeness (QED) is 0.379. The number of para-hydroxylation sites is 1. The third-order valence-corrected chi connectivity index (χ3v) is 9.29. The van der Waals surface area contributed by atoms with Crippen molar-refractivity contribution in [3.63, 3.8) is 0 Å². The average molecular weight is 487 g/mol. The summed E-state index contributed by atoms with van der Waals surface area (Å²) in [6.45, 7) is 6.58. The molecule has 4 heterocycles. The molecule has 6 rings (SSSR count). The molecule has 35 heavy (non-hydrogen) atoms. The van der Waals surface area contributed by atoms with Gasteiger partial charge in [0.2, 0.25) is 0 Å². The van der Waals surface area contributed by atoms with Gasteiger partial charge >= 0.3 is 0 Å². The molecule has 182 valence electrons. The van der Waals surface area contributed by atoms with Crippen molar-refractivity contribution < 1.29 is 9.53 Å². The van der Waals surface area contributed by atoms with Crippen LogP contribution >= 0.6 is 11.3 Å². The highest BCUT2D eigenvalue weighted by atomic mass is 32.1. The Labute approximate surface area is 212 Å². The number of amides is 1. The van der Waals surface area contributed by atoms with Crippen molar-refractivity contribution in [2.75, 3.05) is 13.1 Å². The second-order valence-electron chi connectivity index (χ2n) is 10.2. The maximum Gasteiger partial charge on any atom is 0.253 e. The number of hydrogen-bond donors (Lipinski definition) is 0. The Hall–Kier alpha value is -2.63. The predicted octanol–water partition coefficient (Wildman–Crippen LogP) is 6.91. The topological polar surface area (TPSA) is 32.8 Å². The molecule has 2 bridgehead atoms. The van der Waals surface area contributed by atoms with Gasteiger partial charge in [-0.2, -0.15) is 0 Å². The van der Waals surface area contributed by atoms with Crippen molar-refractivity contribution >= 4 is 17.2 Å². The number of nitrogens with zero attached hydrogens (tertiary/aromatic N) is 2. The van der Waals surface area contributed by atoms with E-state index in [9.17, 15) is 4.79 Å². The molecule has 0 aliphatic carbocycles. The third-order valence-electron chi connectivity index (χ3n) is 8.43. The minimum Gasteiger partial charge on any atom is -0.457 e. The smallest absolute Gasteiger partial charge is 0.253 e. The number of benzene rings is 2. The van der Waals surface area contributed by atoms with E-state index in [1.807, 2.05) is 42.2 Å². The lowest BCUT2D eigenvalue weighted by atomic mass is 9.72. The molecular weight excluding hydrogens is 452 g/mol. The van der Waals surface area contributed by atoms with Gasteiger partial charge in [-0.05, 0) is 75.1 Å². The molecule has 0 N–H and O–H groups in total. The van der Waals surface area contributed by atoms with Crippen molar-refractivity contribution in [1.29, 1.82) is 0 Å². The summed E-state index contributed by atoms with van der Waals surface area (Å²) in [5, 5.41) is 2.19. The Kier molecular flexibility index (Phi) is 6.15. The molecular formula is C30H34N2O2S. The zero-order chi connectivity index (χ0) is 23.9. The van der Waals surface area contributed by atoms with E-state index in [1.165, 1.54) is 41.7 Å². The number of rotatable bonds is 6. The van der Waals surface area contributed by atoms with E-state index >= 15 is 0 Å². The highest BCUT2D eigenvalue weighted by Crippen LogP contribution is 2.53. The summed E-state index contributed by atoms with van der Waals surface area (Å²) < 4.78 is 6.42. The van der Waals surface area contributed by atoms with Crippen molar-refractivity contribution in [2.45, 2.75) is 64.1 Å². The van der Waals surface area contributed by atoms with E-state index in [0.29, 0.717) is 37.0 Å². The fourth-order valence-electron chi connectivity index (χ4n) is 6.76. The molecule has 5 heteroatoms. The van der Waals surface area contributed by atoms with E-state index in [1.54, 1.807) is 0 Å². The second-order valence-corrected chi connectivity index (χ2v) is 11.2. The normalized spacial score (nSPS) is 25.0. The van der Waals surface area contributed by atoms with Gasteiger partial charge in [0, 0.05) is 59.2 Å². The van der Waals surface area contributed by atoms with E-state index < -0.39 is 0 Å². The lowest BCUT2D eigenvalue weighted by molar-refractivity contribution is 0.0772. The number of ether oxygens (including phenoxy) is 1. The van der Waals surface area contributed by atoms with E-state index in [0.717, 1.165) is 23.6 Å². The number of fused-ring (bicyclic) bond motifs is 4. The van der Waals surface area contributed by atoms with Gasteiger partial charge in [-0.1, -0.05) is 30.3 Å². The van der Waals surface area contributed by atoms with Gasteiger partial charge in [0.25, 0.3) is 5.91 Å². The Bertz CT molecular complexity index is 1190. The first kappa shape index (κ1) is 22.8. The highest BCUT2D eigenvalue weighted by molar-refractivity contribution is 7.09. The molecule has 3 aliphatic heterocycles. The molecule has 0 saturated carbocycles. The first-order chi connectivity index (χ1) is 17.2. The van der Waals surface area contributed by atoms with Crippen LogP contribution < -0.4 is 4.74 Å². The number of carbonyl (C=O) groups excluding carboxylic acids is 1. The zero-order valence-corrected chi connectivity index (χ0v) is 21.5. The number of carbonyl (C=O) groups is 1. The van der Waals surface area contributed by atoms with Crippen molar-refractivity contribution in [3.05, 3.63) is 81.5 Å². The van der Waals surface area contributed by atoms with Crippen LogP contribution in [-0.4, -0.2) is 40.9 Å². The van der Waals surface area contributed by atoms with Crippen LogP contribution in [0.1, 0.15) is 71.8 Å². The molecule has 4 nitrogen and oxygen atoms in total. The van der Waals surface area contributed by atoms with Crippen LogP contribution in [0.4, 0.5) is 0 Å². The molecule has 1 amide bonds. The molecule has 2 saturated heterocycles. The molecule has 2 fully saturated rings. The fraction of sp³-hybridized carbons (Fsp3) is 0.433. The average Bonchev–Trinajstić information content (AvgIpc) is 3.47. The summed E-state index contributed by atoms with van der Waals surface area (Å²) in [5.74, 6) is 2.79. The van der Waals surface area contributed by atoms with Crippen LogP contribution in [-0.2, 0) is 6.54 Å². The SMILES string of the molecule is CCN(CC)C(=O)c1ccc2c(c1)Oc1ccccc1C2C1CC2CCC(C1)N2Cc1cccs1. The maximum absolute atomic E-state index is 13.0. The van der Waals surface area contributed by atoms with Crippen LogP contribution in [0.3, 0.4) is 0 Å². The van der Waals surface area contributed by atoms with Crippen LogP contribution in [0, 0.1) is 5.92 Å². The molecule has 2 aromatic carbocycles. The van der Waals surface area contributed by atoms with Gasteiger partial charge in [-0.3, -0.25) is 9.69 Å². The molecule has 3 aromatic rings. The van der Waals surface area contributed by atoms with E-state index in [2.05, 4.69) is 52.7 Å². The van der Waals surface area contributed by atoms with Gasteiger partial charge in [0.05, 0.1) is 0 Å². The summed E-state index contributed by atoms with van der Waals surface area (Å²) in [5.41, 5.74) is 3.27. The number of hydrogen-bond acceptors (Lipinski definition) is 4. The Morgan fingerprint density at radius 3 is 2.43 bits per heavy atom. The monoisotopic (exact) mass is 486 g/mol. The van der Waals surface area contributed by atoms with Crippen molar-refractivity contribution in [3.8, 4) is 11.5 Å². The van der Waals surface area contributed by atoms with E-state index in [-0.39, 0.29) is 5.91 Å². The summed E-state index contributed by atoms with van der Waals surface area (Å²) in [7, 11) is 0. The highest BCUT2D eigenvalue weighted by Gasteiger charge is 2.45. The fourth-order valence-corrected chi connectivity index (χ4v) is 7.47. The lowest BCUT2D eigenvalue weighted by Crippen LogP contribution is -2.43. The Morgan fingerprint density at radius 1 is 0.971 bits per heavy atom. The summed E-state index contributed by atoms with van der Waals surface area (Å²) in [6.07, 6.45) is 5.06. The van der Waals surface area contributed by atoms with Gasteiger partial charge in [0.15, 0.2) is 0 Å². The standard InChI is InChI=1S/C30H34N2O2S/c1-3-31(4-2)30(33)20-11-14-26-28(18-20)34-27-10-6-5-9-25(27)29(26)21-16-22-12-13-23(17-21)32(22)19-24-8-7-15-35-24/h5-11,14-15,18,21-23,29H,3-4,12-13,16-17,19H2,1-2H3. The van der Waals surface area contributed by atoms with Crippen LogP contribution in [0.15, 0.2) is 60.0 Å². The van der Waals surface area contributed by atoms with Crippen LogP contribution in [0.2, 0.25) is 0 Å². The molecule has 3 unspecified atom stereocenters. The van der Waals surface area contributed by atoms with E-state index in [4.69, 9.17) is 4.74 Å². The lowest BCUT2D eigenvalue weighted by Gasteiger charge is -2.43. The predicted molar refractivity (Wildman–Crippen MR) is 141 cm³/mol. The van der Waals surface area contributed by atoms with Crippen molar-refractivity contribution in [1.82, 2.24) is 9.80 Å². The zero-order valence-electron chi connectivity index (χ0n) is 20.7. The maximum atomic E-state index is 13.0. The number of thiophene rings is 1. The number of piperidine rings is 1. The van der Waals surface area contributed by atoms with Gasteiger partial charge in [-0.15, -0.1) is 11.3 Å². The van der Waals surface area contributed by atoms with Gasteiger partial charge in [-0.25, -0.2) is 0 Å². The summed E-state index contributed by atoms with van der Waals surface area (Å²) >= 11 is 1.88. The molecule has 0 spiro atoms. The Balaban J connectivity index is 1.32. The summed E-state index contributed by atoms with van der Waals surface area (Å²) in [4.78, 5) is 19.2. The minimum atomic E-state index is 0.0803. The van der Waals surface area contributed by atoms with Gasteiger partial charge in [0.1, 0.15) is 11.5 Å². The summed E-state index contributed by atoms with van der Waals surface area (Å²) in [6, 6.07) is 20.5. The molecule has 0 radical (unpaired) electrons. The first-order valence-corrected chi connectivity index (χ1v) is 14.0. The Morgan fingerprint density at radius 2 is 1.71 bits per heavy atom. The third kappa shape index (κ3) is 4.09. The molecule has 3 atom stereocenters. The molecule has 1 aromatic heterocycles. The minimum absolute atomic E-state index is 0.0803. The largest absolute Gasteiger partial charge is 0.457 e. The van der Waals surface area contributed by atoms with Gasteiger partial charge < -0.3 is 9.64 Å². The van der Waals surface area contributed by atoms with Crippen LogP contribution in [0.25, 0.3) is 0 Å². The molecule has 3 aliphatic rings. The second kappa shape index (κ2) is 9.44. The van der Waals surface area contributed by atoms with Crippen LogP contribution in [0.5, 0.6) is 11.5 Å². The first-order valence-electron chi connectivity index (χ1n) is 13.1. The van der Waals surface area contributed by atoms with Crippen molar-refractivity contribution in [2.24, 2.45) is 5.92 Å².